The lowest BCUT2D eigenvalue weighted by Crippen LogP contribution is -1.98. The van der Waals surface area contributed by atoms with Crippen LogP contribution in [0.1, 0.15) is 22.5 Å². The molecule has 0 aliphatic rings. The molecule has 0 aliphatic heterocycles. The molecule has 1 aromatic heterocycles. The van der Waals surface area contributed by atoms with Gasteiger partial charge >= 0.3 is 8.05 Å². The van der Waals surface area contributed by atoms with Crippen molar-refractivity contribution in [3.63, 3.8) is 0 Å². The van der Waals surface area contributed by atoms with Crippen molar-refractivity contribution in [1.82, 2.24) is 9.78 Å². The van der Waals surface area contributed by atoms with Crippen molar-refractivity contribution in [2.24, 2.45) is 7.05 Å². The molecule has 4 nitrogen and oxygen atoms in total. The lowest BCUT2D eigenvalue weighted by atomic mass is 10.0. The minimum absolute atomic E-state index is 0.292. The molecule has 0 saturated carbocycles. The van der Waals surface area contributed by atoms with Gasteiger partial charge in [-0.1, -0.05) is 30.3 Å². The predicted octanol–water partition coefficient (Wildman–Crippen LogP) is 2.53. The first-order valence-electron chi connectivity index (χ1n) is 6.17. The average molecular weight is 263 g/mol. The van der Waals surface area contributed by atoms with E-state index in [1.165, 1.54) is 0 Å². The summed E-state index contributed by atoms with van der Waals surface area (Å²) in [7, 11) is 7.23. The second-order valence-corrected chi connectivity index (χ2v) is 4.48. The summed E-state index contributed by atoms with van der Waals surface area (Å²) in [5.41, 5.74) is 3.65. The van der Waals surface area contributed by atoms with Crippen molar-refractivity contribution in [2.45, 2.75) is 13.8 Å². The van der Waals surface area contributed by atoms with Gasteiger partial charge in [-0.2, -0.15) is 10.4 Å². The smallest absolute Gasteiger partial charge is 0.374 e. The quantitative estimate of drug-likeness (QED) is 0.485. The molecular weight excluding hydrogens is 249 g/mol. The maximum atomic E-state index is 9.43. The van der Waals surface area contributed by atoms with E-state index < -0.39 is 0 Å². The number of aromatic nitrogens is 2. The number of allylic oxidation sites excluding steroid dienone is 1. The van der Waals surface area contributed by atoms with Gasteiger partial charge in [0.05, 0.1) is 0 Å². The fourth-order valence-corrected chi connectivity index (χ4v) is 2.01. The van der Waals surface area contributed by atoms with Crippen LogP contribution >= 0.6 is 0 Å². The summed E-state index contributed by atoms with van der Waals surface area (Å²) in [5.74, 6) is 0.292. The molecule has 0 bridgehead atoms. The van der Waals surface area contributed by atoms with Gasteiger partial charge in [-0.25, -0.2) is 0 Å². The highest BCUT2D eigenvalue weighted by Crippen LogP contribution is 2.28. The minimum atomic E-state index is 0.292. The molecule has 0 fully saturated rings. The van der Waals surface area contributed by atoms with E-state index in [1.54, 1.807) is 4.68 Å². The molecule has 0 saturated heterocycles. The normalized spacial score (nSPS) is 11.7. The highest BCUT2D eigenvalue weighted by atomic mass is 16.4. The third-order valence-electron chi connectivity index (χ3n) is 3.37. The summed E-state index contributed by atoms with van der Waals surface area (Å²) in [4.78, 5) is 0. The molecule has 2 radical (unpaired) electrons. The van der Waals surface area contributed by atoms with Gasteiger partial charge in [0, 0.05) is 18.3 Å². The molecule has 0 amide bonds. The monoisotopic (exact) mass is 263 g/mol. The summed E-state index contributed by atoms with van der Waals surface area (Å²) in [5, 5.41) is 13.8. The average Bonchev–Trinajstić information content (AvgIpc) is 2.73. The summed E-state index contributed by atoms with van der Waals surface area (Å²) in [6.45, 7) is 3.88. The van der Waals surface area contributed by atoms with Crippen LogP contribution in [0.3, 0.4) is 0 Å². The van der Waals surface area contributed by atoms with Gasteiger partial charge in [0.15, 0.2) is 0 Å². The number of nitriles is 1. The SMILES string of the molecule is [B]OC(=C(C#N)c1ccccc1)c1nn(C)c(C)c1C. The van der Waals surface area contributed by atoms with Crippen LogP contribution in [0.4, 0.5) is 0 Å². The Morgan fingerprint density at radius 2 is 1.95 bits per heavy atom. The van der Waals surface area contributed by atoms with Crippen LogP contribution in [0, 0.1) is 25.2 Å². The summed E-state index contributed by atoms with van der Waals surface area (Å²) < 4.78 is 6.71. The zero-order valence-electron chi connectivity index (χ0n) is 11.7. The van der Waals surface area contributed by atoms with E-state index in [4.69, 9.17) is 12.7 Å². The van der Waals surface area contributed by atoms with Gasteiger partial charge in [0.25, 0.3) is 0 Å². The summed E-state index contributed by atoms with van der Waals surface area (Å²) >= 11 is 0. The molecule has 5 heteroatoms. The fraction of sp³-hybridized carbons (Fsp3) is 0.200. The zero-order chi connectivity index (χ0) is 14.7. The Morgan fingerprint density at radius 1 is 1.30 bits per heavy atom. The van der Waals surface area contributed by atoms with Crippen molar-refractivity contribution in [1.29, 1.82) is 5.26 Å². The molecule has 0 atom stereocenters. The van der Waals surface area contributed by atoms with E-state index >= 15 is 0 Å². The molecule has 1 aromatic carbocycles. The van der Waals surface area contributed by atoms with Crippen LogP contribution in [0.25, 0.3) is 11.3 Å². The van der Waals surface area contributed by atoms with Gasteiger partial charge in [0.1, 0.15) is 23.1 Å². The minimum Gasteiger partial charge on any atom is -0.565 e. The molecule has 20 heavy (non-hydrogen) atoms. The van der Waals surface area contributed by atoms with E-state index in [-0.39, 0.29) is 0 Å². The number of benzene rings is 1. The molecule has 0 N–H and O–H groups in total. The van der Waals surface area contributed by atoms with Gasteiger partial charge in [-0.15, -0.1) is 0 Å². The first-order chi connectivity index (χ1) is 9.60. The standard InChI is InChI=1S/C15H14BN3O/c1-10-11(2)19(3)18-14(10)15(20-16)13(9-17)12-7-5-4-6-8-12/h4-8H,1-3H3. The van der Waals surface area contributed by atoms with Crippen LogP contribution in [0.5, 0.6) is 0 Å². The maximum Gasteiger partial charge on any atom is 0.374 e. The highest BCUT2D eigenvalue weighted by molar-refractivity contribution is 6.06. The maximum absolute atomic E-state index is 9.43. The number of nitrogens with zero attached hydrogens (tertiary/aromatic N) is 3. The van der Waals surface area contributed by atoms with E-state index in [1.807, 2.05) is 51.2 Å². The zero-order valence-corrected chi connectivity index (χ0v) is 11.7. The van der Waals surface area contributed by atoms with E-state index in [9.17, 15) is 5.26 Å². The lowest BCUT2D eigenvalue weighted by Gasteiger charge is -2.09. The third-order valence-corrected chi connectivity index (χ3v) is 3.37. The van der Waals surface area contributed by atoms with Crippen LogP contribution in [0.15, 0.2) is 30.3 Å². The number of aryl methyl sites for hydroxylation is 1. The van der Waals surface area contributed by atoms with Gasteiger partial charge in [0.2, 0.25) is 0 Å². The fourth-order valence-electron chi connectivity index (χ4n) is 2.01. The van der Waals surface area contributed by atoms with Gasteiger partial charge < -0.3 is 4.65 Å². The molecular formula is C15H14BN3O. The second-order valence-electron chi connectivity index (χ2n) is 4.48. The summed E-state index contributed by atoms with van der Waals surface area (Å²) in [6, 6.07) is 11.4. The molecule has 98 valence electrons. The van der Waals surface area contributed by atoms with Crippen molar-refractivity contribution < 1.29 is 4.65 Å². The predicted molar refractivity (Wildman–Crippen MR) is 78.4 cm³/mol. The molecule has 0 aliphatic carbocycles. The van der Waals surface area contributed by atoms with Gasteiger partial charge in [-0.3, -0.25) is 4.68 Å². The molecule has 2 aromatic rings. The van der Waals surface area contributed by atoms with Crippen molar-refractivity contribution in [2.75, 3.05) is 0 Å². The highest BCUT2D eigenvalue weighted by Gasteiger charge is 2.18. The van der Waals surface area contributed by atoms with E-state index in [0.717, 1.165) is 16.8 Å². The Hall–Kier alpha value is -2.48. The van der Waals surface area contributed by atoms with E-state index in [2.05, 4.69) is 11.2 Å². The van der Waals surface area contributed by atoms with Crippen LogP contribution in [-0.4, -0.2) is 17.8 Å². The first kappa shape index (κ1) is 13.9. The van der Waals surface area contributed by atoms with Crippen LogP contribution < -0.4 is 0 Å². The second kappa shape index (κ2) is 5.66. The van der Waals surface area contributed by atoms with E-state index in [0.29, 0.717) is 17.0 Å². The molecule has 0 spiro atoms. The lowest BCUT2D eigenvalue weighted by molar-refractivity contribution is 0.567. The van der Waals surface area contributed by atoms with Gasteiger partial charge in [-0.05, 0) is 19.4 Å². The Morgan fingerprint density at radius 3 is 2.40 bits per heavy atom. The Kier molecular flexibility index (Phi) is 3.95. The number of hydrogen-bond donors (Lipinski definition) is 0. The summed E-state index contributed by atoms with van der Waals surface area (Å²) in [6.07, 6.45) is 0. The number of hydrogen-bond acceptors (Lipinski definition) is 3. The van der Waals surface area contributed by atoms with Crippen molar-refractivity contribution >= 4 is 19.4 Å². The largest absolute Gasteiger partial charge is 0.565 e. The Bertz CT molecular complexity index is 696. The van der Waals surface area contributed by atoms with Crippen molar-refractivity contribution in [3.05, 3.63) is 52.8 Å². The topological polar surface area (TPSA) is 50.8 Å². The van der Waals surface area contributed by atoms with Crippen LogP contribution in [0.2, 0.25) is 0 Å². The molecule has 0 unspecified atom stereocenters. The molecule has 2 rings (SSSR count). The van der Waals surface area contributed by atoms with Crippen LogP contribution in [-0.2, 0) is 11.7 Å². The Balaban J connectivity index is 2.68. The molecule has 1 heterocycles. The van der Waals surface area contributed by atoms with Crippen molar-refractivity contribution in [3.8, 4) is 6.07 Å². The Labute approximate surface area is 119 Å². The first-order valence-corrected chi connectivity index (χ1v) is 6.17. The third kappa shape index (κ3) is 2.33. The number of rotatable bonds is 3.